The predicted octanol–water partition coefficient (Wildman–Crippen LogP) is 4.78. The van der Waals surface area contributed by atoms with Gasteiger partial charge in [0.1, 0.15) is 6.04 Å². The van der Waals surface area contributed by atoms with Crippen molar-refractivity contribution in [3.63, 3.8) is 0 Å². The Morgan fingerprint density at radius 2 is 1.74 bits per heavy atom. The van der Waals surface area contributed by atoms with Gasteiger partial charge in [-0.15, -0.1) is 0 Å². The smallest absolute Gasteiger partial charge is 0.326 e. The first-order valence-electron chi connectivity index (χ1n) is 13.2. The standard InChI is InChI=1S/C32H34N4O3/c1-21-9-8-12-25(15-21)30(24-10-6-5-7-11-24)31(37)36-19-26-28(17-29(36)32(38)39)35(20-33-26)18-23-13-14-27(34(3)4)22(2)16-23/h5-16,20,29-30H,17-19H2,1-4H3,(H,38,39). The van der Waals surface area contributed by atoms with Gasteiger partial charge in [-0.05, 0) is 42.2 Å². The first-order valence-corrected chi connectivity index (χ1v) is 13.2. The number of carboxylic acid groups (broad SMARTS) is 1. The van der Waals surface area contributed by atoms with E-state index in [-0.39, 0.29) is 18.9 Å². The number of rotatable bonds is 7. The van der Waals surface area contributed by atoms with Crippen LogP contribution in [0.15, 0.2) is 79.1 Å². The molecule has 2 heterocycles. The number of carbonyl (C=O) groups is 2. The molecule has 1 aliphatic heterocycles. The number of carboxylic acids is 1. The fourth-order valence-electron chi connectivity index (χ4n) is 5.62. The molecule has 2 unspecified atom stereocenters. The lowest BCUT2D eigenvalue weighted by Crippen LogP contribution is -2.50. The number of carbonyl (C=O) groups excluding carboxylic acids is 1. The highest BCUT2D eigenvalue weighted by atomic mass is 16.4. The third-order valence-corrected chi connectivity index (χ3v) is 7.54. The van der Waals surface area contributed by atoms with Crippen LogP contribution in [-0.4, -0.2) is 51.6 Å². The van der Waals surface area contributed by atoms with Gasteiger partial charge >= 0.3 is 5.97 Å². The summed E-state index contributed by atoms with van der Waals surface area (Å²) in [6.07, 6.45) is 1.97. The van der Waals surface area contributed by atoms with E-state index in [2.05, 4.69) is 35.0 Å². The molecule has 0 saturated heterocycles. The average Bonchev–Trinajstić information content (AvgIpc) is 3.30. The van der Waals surface area contributed by atoms with Gasteiger partial charge in [0.2, 0.25) is 5.91 Å². The Hall–Kier alpha value is -4.39. The SMILES string of the molecule is Cc1cccc(C(C(=O)N2Cc3ncn(Cc4ccc(N(C)C)c(C)c4)c3CC2C(=O)O)c2ccccc2)c1. The minimum Gasteiger partial charge on any atom is -0.480 e. The molecule has 0 saturated carbocycles. The number of benzene rings is 3. The van der Waals surface area contributed by atoms with Crippen molar-refractivity contribution < 1.29 is 14.7 Å². The molecule has 0 spiro atoms. The van der Waals surface area contributed by atoms with E-state index < -0.39 is 17.9 Å². The summed E-state index contributed by atoms with van der Waals surface area (Å²) in [6.45, 7) is 4.83. The molecule has 2 atom stereocenters. The molecule has 0 bridgehead atoms. The molecule has 200 valence electrons. The Bertz CT molecular complexity index is 1510. The van der Waals surface area contributed by atoms with Crippen molar-refractivity contribution >= 4 is 17.6 Å². The normalized spacial score (nSPS) is 15.5. The Morgan fingerprint density at radius 3 is 2.41 bits per heavy atom. The lowest BCUT2D eigenvalue weighted by Gasteiger charge is -2.35. The maximum absolute atomic E-state index is 14.2. The fraction of sp³-hybridized carbons (Fsp3) is 0.281. The number of aromatic nitrogens is 2. The Balaban J connectivity index is 1.47. The minimum atomic E-state index is -1.01. The predicted molar refractivity (Wildman–Crippen MR) is 152 cm³/mol. The number of hydrogen-bond donors (Lipinski definition) is 1. The number of imidazole rings is 1. The van der Waals surface area contributed by atoms with Gasteiger partial charge in [0.25, 0.3) is 0 Å². The van der Waals surface area contributed by atoms with Gasteiger partial charge in [-0.25, -0.2) is 9.78 Å². The summed E-state index contributed by atoms with van der Waals surface area (Å²) >= 11 is 0. The number of aryl methyl sites for hydroxylation is 2. The van der Waals surface area contributed by atoms with Crippen LogP contribution >= 0.6 is 0 Å². The Kier molecular flexibility index (Phi) is 7.24. The maximum Gasteiger partial charge on any atom is 0.326 e. The van der Waals surface area contributed by atoms with Crippen LogP contribution in [0.1, 0.15) is 45.1 Å². The van der Waals surface area contributed by atoms with Crippen LogP contribution in [0, 0.1) is 13.8 Å². The molecule has 1 N–H and O–H groups in total. The summed E-state index contributed by atoms with van der Waals surface area (Å²) < 4.78 is 2.02. The minimum absolute atomic E-state index is 0.159. The summed E-state index contributed by atoms with van der Waals surface area (Å²) in [4.78, 5) is 34.9. The van der Waals surface area contributed by atoms with Crippen LogP contribution in [0.3, 0.4) is 0 Å². The topological polar surface area (TPSA) is 78.7 Å². The molecule has 1 aromatic heterocycles. The summed E-state index contributed by atoms with van der Waals surface area (Å²) in [7, 11) is 4.04. The first kappa shape index (κ1) is 26.2. The molecule has 1 amide bonds. The van der Waals surface area contributed by atoms with Crippen LogP contribution in [0.25, 0.3) is 0 Å². The van der Waals surface area contributed by atoms with Gasteiger partial charge < -0.3 is 19.5 Å². The second kappa shape index (κ2) is 10.8. The van der Waals surface area contributed by atoms with E-state index in [1.807, 2.05) is 80.2 Å². The largest absolute Gasteiger partial charge is 0.480 e. The van der Waals surface area contributed by atoms with Crippen LogP contribution in [0.4, 0.5) is 5.69 Å². The van der Waals surface area contributed by atoms with Gasteiger partial charge in [0.05, 0.1) is 24.5 Å². The number of anilines is 1. The zero-order valence-corrected chi connectivity index (χ0v) is 22.8. The highest BCUT2D eigenvalue weighted by Crippen LogP contribution is 2.32. The van der Waals surface area contributed by atoms with Gasteiger partial charge in [-0.1, -0.05) is 72.3 Å². The number of amides is 1. The van der Waals surface area contributed by atoms with Crippen molar-refractivity contribution in [1.82, 2.24) is 14.5 Å². The number of hydrogen-bond acceptors (Lipinski definition) is 4. The van der Waals surface area contributed by atoms with E-state index in [1.165, 1.54) is 10.5 Å². The second-order valence-corrected chi connectivity index (χ2v) is 10.6. The molecule has 7 nitrogen and oxygen atoms in total. The zero-order valence-electron chi connectivity index (χ0n) is 22.8. The third-order valence-electron chi connectivity index (χ3n) is 7.54. The van der Waals surface area contributed by atoms with Crippen molar-refractivity contribution in [1.29, 1.82) is 0 Å². The number of nitrogens with zero attached hydrogens (tertiary/aromatic N) is 4. The lowest BCUT2D eigenvalue weighted by atomic mass is 9.87. The summed E-state index contributed by atoms with van der Waals surface area (Å²) in [5.41, 5.74) is 7.80. The monoisotopic (exact) mass is 522 g/mol. The quantitative estimate of drug-likeness (QED) is 0.378. The third kappa shape index (κ3) is 5.30. The van der Waals surface area contributed by atoms with Gasteiger partial charge in [-0.3, -0.25) is 4.79 Å². The summed E-state index contributed by atoms with van der Waals surface area (Å²) in [5.74, 6) is -1.84. The van der Waals surface area contributed by atoms with Gasteiger partial charge in [0, 0.05) is 38.4 Å². The van der Waals surface area contributed by atoms with Crippen LogP contribution in [0.2, 0.25) is 0 Å². The summed E-state index contributed by atoms with van der Waals surface area (Å²) in [6, 6.07) is 22.8. The molecule has 4 aromatic rings. The van der Waals surface area contributed by atoms with Crippen molar-refractivity contribution in [3.05, 3.63) is 118 Å². The second-order valence-electron chi connectivity index (χ2n) is 10.6. The van der Waals surface area contributed by atoms with E-state index in [0.29, 0.717) is 6.54 Å². The highest BCUT2D eigenvalue weighted by molar-refractivity contribution is 5.91. The number of aliphatic carboxylic acids is 1. The molecular formula is C32H34N4O3. The Morgan fingerprint density at radius 1 is 1.00 bits per heavy atom. The molecule has 0 fully saturated rings. The molecule has 0 aliphatic carbocycles. The van der Waals surface area contributed by atoms with Crippen molar-refractivity contribution in [3.8, 4) is 0 Å². The molecule has 3 aromatic carbocycles. The van der Waals surface area contributed by atoms with Gasteiger partial charge in [0.15, 0.2) is 0 Å². The number of fused-ring (bicyclic) bond motifs is 1. The molecule has 7 heteroatoms. The van der Waals surface area contributed by atoms with E-state index in [4.69, 9.17) is 0 Å². The van der Waals surface area contributed by atoms with Crippen LogP contribution in [-0.2, 0) is 29.1 Å². The Labute approximate surface area is 229 Å². The van der Waals surface area contributed by atoms with E-state index in [1.54, 1.807) is 6.33 Å². The van der Waals surface area contributed by atoms with Gasteiger partial charge in [-0.2, -0.15) is 0 Å². The van der Waals surface area contributed by atoms with E-state index in [0.717, 1.165) is 39.3 Å². The van der Waals surface area contributed by atoms with Crippen molar-refractivity contribution in [2.24, 2.45) is 0 Å². The molecule has 39 heavy (non-hydrogen) atoms. The van der Waals surface area contributed by atoms with Crippen molar-refractivity contribution in [2.75, 3.05) is 19.0 Å². The molecular weight excluding hydrogens is 488 g/mol. The van der Waals surface area contributed by atoms with E-state index >= 15 is 0 Å². The molecule has 0 radical (unpaired) electrons. The maximum atomic E-state index is 14.2. The molecule has 1 aliphatic rings. The lowest BCUT2D eigenvalue weighted by molar-refractivity contribution is -0.151. The zero-order chi connectivity index (χ0) is 27.7. The highest BCUT2D eigenvalue weighted by Gasteiger charge is 2.40. The van der Waals surface area contributed by atoms with Crippen molar-refractivity contribution in [2.45, 2.75) is 45.3 Å². The molecule has 5 rings (SSSR count). The summed E-state index contributed by atoms with van der Waals surface area (Å²) in [5, 5.41) is 10.3. The fourth-order valence-corrected chi connectivity index (χ4v) is 5.62. The van der Waals surface area contributed by atoms with Crippen LogP contribution < -0.4 is 4.90 Å². The average molecular weight is 523 g/mol. The van der Waals surface area contributed by atoms with E-state index in [9.17, 15) is 14.7 Å². The first-order chi connectivity index (χ1) is 18.7. The van der Waals surface area contributed by atoms with Crippen LogP contribution in [0.5, 0.6) is 0 Å².